The van der Waals surface area contributed by atoms with Crippen LogP contribution in [0.15, 0.2) is 52.8 Å². The number of nitrogens with one attached hydrogen (secondary N) is 1. The zero-order valence-corrected chi connectivity index (χ0v) is 16.6. The summed E-state index contributed by atoms with van der Waals surface area (Å²) in [6.45, 7) is 3.75. The van der Waals surface area contributed by atoms with E-state index in [1.165, 1.54) is 5.01 Å². The molecular formula is C20H18ClN5O3. The molecule has 2 aliphatic heterocycles. The van der Waals surface area contributed by atoms with Crippen molar-refractivity contribution >= 4 is 40.7 Å². The van der Waals surface area contributed by atoms with E-state index in [1.807, 2.05) is 26.0 Å². The third-order valence-electron chi connectivity index (χ3n) is 5.04. The van der Waals surface area contributed by atoms with Crippen molar-refractivity contribution in [1.29, 1.82) is 0 Å². The Morgan fingerprint density at radius 3 is 2.48 bits per heavy atom. The monoisotopic (exact) mass is 411 g/mol. The number of carbonyl (C=O) groups is 3. The zero-order chi connectivity index (χ0) is 20.7. The second-order valence-corrected chi connectivity index (χ2v) is 7.46. The molecule has 0 aromatic heterocycles. The Kier molecular flexibility index (Phi) is 4.79. The molecule has 3 amide bonds. The van der Waals surface area contributed by atoms with E-state index in [0.717, 1.165) is 16.0 Å². The van der Waals surface area contributed by atoms with Gasteiger partial charge in [0.2, 0.25) is 5.91 Å². The van der Waals surface area contributed by atoms with Gasteiger partial charge in [0, 0.05) is 10.7 Å². The summed E-state index contributed by atoms with van der Waals surface area (Å²) in [4.78, 5) is 39.1. The van der Waals surface area contributed by atoms with Crippen molar-refractivity contribution in [3.63, 3.8) is 0 Å². The molecule has 9 heteroatoms. The highest BCUT2D eigenvalue weighted by atomic mass is 35.5. The Bertz CT molecular complexity index is 1040. The van der Waals surface area contributed by atoms with E-state index in [-0.39, 0.29) is 12.5 Å². The van der Waals surface area contributed by atoms with E-state index in [9.17, 15) is 14.4 Å². The van der Waals surface area contributed by atoms with Crippen molar-refractivity contribution in [3.8, 4) is 0 Å². The smallest absolute Gasteiger partial charge is 0.263 e. The molecule has 0 bridgehead atoms. The first kappa shape index (κ1) is 19.1. The number of aryl methyl sites for hydroxylation is 2. The van der Waals surface area contributed by atoms with Crippen LogP contribution >= 0.6 is 11.6 Å². The number of halogens is 1. The fourth-order valence-electron chi connectivity index (χ4n) is 3.37. The molecule has 4 rings (SSSR count). The molecule has 2 aliphatic rings. The summed E-state index contributed by atoms with van der Waals surface area (Å²) in [6.07, 6.45) is 0. The minimum Gasteiger partial charge on any atom is -0.324 e. The average Bonchev–Trinajstić information content (AvgIpc) is 3.19. The van der Waals surface area contributed by atoms with Crippen LogP contribution in [0.4, 0.5) is 11.4 Å². The van der Waals surface area contributed by atoms with Gasteiger partial charge in [-0.25, -0.2) is 4.90 Å². The Morgan fingerprint density at radius 2 is 1.79 bits per heavy atom. The van der Waals surface area contributed by atoms with Crippen molar-refractivity contribution in [3.05, 3.63) is 58.6 Å². The highest BCUT2D eigenvalue weighted by Crippen LogP contribution is 2.32. The van der Waals surface area contributed by atoms with E-state index in [0.29, 0.717) is 16.4 Å². The van der Waals surface area contributed by atoms with Crippen LogP contribution in [0, 0.1) is 13.8 Å². The van der Waals surface area contributed by atoms with Gasteiger partial charge in [-0.2, -0.15) is 5.11 Å². The van der Waals surface area contributed by atoms with Crippen LogP contribution < -0.4 is 10.2 Å². The van der Waals surface area contributed by atoms with Crippen molar-refractivity contribution in [2.24, 2.45) is 10.3 Å². The molecule has 148 valence electrons. The Labute approximate surface area is 172 Å². The van der Waals surface area contributed by atoms with Crippen LogP contribution in [0.2, 0.25) is 5.02 Å². The highest BCUT2D eigenvalue weighted by Gasteiger charge is 2.55. The molecular weight excluding hydrogens is 394 g/mol. The molecule has 8 nitrogen and oxygen atoms in total. The number of imide groups is 1. The molecule has 0 saturated carbocycles. The standard InChI is InChI=1S/C20H18ClN5O3/c1-11-3-6-14(9-12(11)2)22-16(27)10-25-18-17(23-24-25)19(28)26(20(18)29)15-7-4-13(21)5-8-15/h3-9,17-18H,10H2,1-2H3,(H,22,27)/t17-,18+/m0/s1. The highest BCUT2D eigenvalue weighted by molar-refractivity contribution is 6.31. The molecule has 0 unspecified atom stereocenters. The quantitative estimate of drug-likeness (QED) is 0.782. The van der Waals surface area contributed by atoms with Crippen molar-refractivity contribution in [1.82, 2.24) is 5.01 Å². The first-order valence-electron chi connectivity index (χ1n) is 9.03. The largest absolute Gasteiger partial charge is 0.324 e. The lowest BCUT2D eigenvalue weighted by atomic mass is 10.1. The topological polar surface area (TPSA) is 94.4 Å². The summed E-state index contributed by atoms with van der Waals surface area (Å²) in [7, 11) is 0. The third-order valence-corrected chi connectivity index (χ3v) is 5.29. The Hall–Kier alpha value is -3.26. The number of amides is 3. The number of fused-ring (bicyclic) bond motifs is 1. The molecule has 2 heterocycles. The van der Waals surface area contributed by atoms with Gasteiger partial charge in [0.25, 0.3) is 11.8 Å². The predicted molar refractivity (Wildman–Crippen MR) is 108 cm³/mol. The minimum absolute atomic E-state index is 0.189. The fraction of sp³-hybridized carbons (Fsp3) is 0.250. The van der Waals surface area contributed by atoms with Crippen LogP contribution in [-0.2, 0) is 14.4 Å². The number of carbonyl (C=O) groups excluding carboxylic acids is 3. The van der Waals surface area contributed by atoms with Crippen LogP contribution in [0.25, 0.3) is 0 Å². The molecule has 0 spiro atoms. The first-order chi connectivity index (χ1) is 13.8. The summed E-state index contributed by atoms with van der Waals surface area (Å²) in [5.74, 6) is -1.28. The molecule has 0 radical (unpaired) electrons. The summed E-state index contributed by atoms with van der Waals surface area (Å²) in [6, 6.07) is 10.1. The average molecular weight is 412 g/mol. The van der Waals surface area contributed by atoms with Gasteiger partial charge in [-0.05, 0) is 61.4 Å². The molecule has 2 aromatic rings. The molecule has 1 saturated heterocycles. The second-order valence-electron chi connectivity index (χ2n) is 7.03. The van der Waals surface area contributed by atoms with Crippen LogP contribution in [0.5, 0.6) is 0 Å². The lowest BCUT2D eigenvalue weighted by Gasteiger charge is -2.20. The van der Waals surface area contributed by atoms with Crippen molar-refractivity contribution in [2.75, 3.05) is 16.8 Å². The van der Waals surface area contributed by atoms with Gasteiger partial charge >= 0.3 is 0 Å². The summed E-state index contributed by atoms with van der Waals surface area (Å²) in [5.41, 5.74) is 3.24. The lowest BCUT2D eigenvalue weighted by molar-refractivity contribution is -0.123. The zero-order valence-electron chi connectivity index (χ0n) is 15.8. The number of nitrogens with zero attached hydrogens (tertiary/aromatic N) is 4. The molecule has 2 atom stereocenters. The van der Waals surface area contributed by atoms with E-state index in [1.54, 1.807) is 30.3 Å². The van der Waals surface area contributed by atoms with Gasteiger partial charge in [0.15, 0.2) is 12.1 Å². The Balaban J connectivity index is 1.48. The Morgan fingerprint density at radius 1 is 1.07 bits per heavy atom. The van der Waals surface area contributed by atoms with Gasteiger partial charge in [-0.15, -0.1) is 0 Å². The maximum Gasteiger partial charge on any atom is 0.263 e. The lowest BCUT2D eigenvalue weighted by Crippen LogP contribution is -2.43. The summed E-state index contributed by atoms with van der Waals surface area (Å²) >= 11 is 5.88. The maximum atomic E-state index is 12.9. The molecule has 1 fully saturated rings. The van der Waals surface area contributed by atoms with Gasteiger partial charge < -0.3 is 5.32 Å². The SMILES string of the molecule is Cc1ccc(NC(=O)CN2N=N[C@@H]3C(=O)N(c4ccc(Cl)cc4)C(=O)[C@@H]32)cc1C. The second kappa shape index (κ2) is 7.29. The van der Waals surface area contributed by atoms with E-state index < -0.39 is 23.9 Å². The van der Waals surface area contributed by atoms with Gasteiger partial charge in [0.1, 0.15) is 6.54 Å². The number of hydrogen-bond acceptors (Lipinski definition) is 6. The van der Waals surface area contributed by atoms with Crippen LogP contribution in [0.3, 0.4) is 0 Å². The number of hydrogen-bond donors (Lipinski definition) is 1. The van der Waals surface area contributed by atoms with E-state index in [4.69, 9.17) is 11.6 Å². The number of anilines is 2. The fourth-order valence-corrected chi connectivity index (χ4v) is 3.49. The van der Waals surface area contributed by atoms with E-state index >= 15 is 0 Å². The third kappa shape index (κ3) is 3.47. The van der Waals surface area contributed by atoms with E-state index in [2.05, 4.69) is 15.7 Å². The van der Waals surface area contributed by atoms with Crippen molar-refractivity contribution < 1.29 is 14.4 Å². The summed E-state index contributed by atoms with van der Waals surface area (Å²) < 4.78 is 0. The van der Waals surface area contributed by atoms with Gasteiger partial charge in [-0.1, -0.05) is 22.9 Å². The number of rotatable bonds is 4. The molecule has 29 heavy (non-hydrogen) atoms. The maximum absolute atomic E-state index is 12.9. The van der Waals surface area contributed by atoms with Gasteiger partial charge in [-0.3, -0.25) is 19.4 Å². The number of benzene rings is 2. The first-order valence-corrected chi connectivity index (χ1v) is 9.41. The van der Waals surface area contributed by atoms with Gasteiger partial charge in [0.05, 0.1) is 5.69 Å². The predicted octanol–water partition coefficient (Wildman–Crippen LogP) is 2.89. The van der Waals surface area contributed by atoms with Crippen LogP contribution in [-0.4, -0.2) is 41.4 Å². The molecule has 0 aliphatic carbocycles. The molecule has 2 aromatic carbocycles. The normalized spacial score (nSPS) is 20.4. The summed E-state index contributed by atoms with van der Waals surface area (Å²) in [5, 5.41) is 12.4. The minimum atomic E-state index is -0.951. The molecule has 1 N–H and O–H groups in total. The van der Waals surface area contributed by atoms with Crippen molar-refractivity contribution in [2.45, 2.75) is 25.9 Å². The van der Waals surface area contributed by atoms with Crippen LogP contribution in [0.1, 0.15) is 11.1 Å².